The molecule has 2 aliphatic heterocycles. The fourth-order valence-electron chi connectivity index (χ4n) is 6.01. The first kappa shape index (κ1) is 24.5. The Labute approximate surface area is 190 Å². The summed E-state index contributed by atoms with van der Waals surface area (Å²) < 4.78 is 0. The maximum absolute atomic E-state index is 13.7. The Kier molecular flexibility index (Phi) is 8.06. The van der Waals surface area contributed by atoms with Gasteiger partial charge < -0.3 is 20.0 Å². The maximum Gasteiger partial charge on any atom is 0.245 e. The molecule has 31 heavy (non-hydrogen) atoms. The van der Waals surface area contributed by atoms with Crippen LogP contribution in [0, 0.1) is 17.3 Å². The van der Waals surface area contributed by atoms with E-state index in [1.165, 1.54) is 19.3 Å². The molecule has 178 valence electrons. The van der Waals surface area contributed by atoms with Crippen molar-refractivity contribution in [2.75, 3.05) is 40.3 Å². The number of carbonyl (C=O) groups is 2. The minimum Gasteiger partial charge on any atom is -0.341 e. The number of likely N-dealkylation sites (tertiary alicyclic amines) is 1. The van der Waals surface area contributed by atoms with E-state index in [0.717, 1.165) is 45.3 Å². The van der Waals surface area contributed by atoms with Crippen LogP contribution in [0.1, 0.15) is 72.6 Å². The standard InChI is InChI=1S/C25H46N4O2/c1-18(2)15-21-23(30)29(14-11-26-21)22(16-19(3)4)24(31)28-12-9-25(10-13-28)8-7-20(17-25)27(5)6/h18-22,26H,7-17H2,1-6H3/t20?,21-,22?/m0/s1. The molecule has 0 radical (unpaired) electrons. The molecule has 0 aromatic carbocycles. The van der Waals surface area contributed by atoms with Gasteiger partial charge in [0.25, 0.3) is 0 Å². The maximum atomic E-state index is 13.7. The molecule has 0 aromatic heterocycles. The van der Waals surface area contributed by atoms with Crippen LogP contribution >= 0.6 is 0 Å². The number of hydrogen-bond acceptors (Lipinski definition) is 4. The van der Waals surface area contributed by atoms with E-state index >= 15 is 0 Å². The fraction of sp³-hybridized carbons (Fsp3) is 0.920. The van der Waals surface area contributed by atoms with Gasteiger partial charge in [0.2, 0.25) is 11.8 Å². The van der Waals surface area contributed by atoms with E-state index < -0.39 is 0 Å². The molecule has 2 unspecified atom stereocenters. The van der Waals surface area contributed by atoms with Crippen molar-refractivity contribution in [3.8, 4) is 0 Å². The highest BCUT2D eigenvalue weighted by molar-refractivity contribution is 5.90. The molecule has 1 saturated carbocycles. The third-order valence-electron chi connectivity index (χ3n) is 7.93. The number of piperidine rings is 1. The van der Waals surface area contributed by atoms with E-state index in [1.807, 2.05) is 4.90 Å². The third kappa shape index (κ3) is 5.81. The van der Waals surface area contributed by atoms with Crippen LogP contribution < -0.4 is 5.32 Å². The lowest BCUT2D eigenvalue weighted by Gasteiger charge is -2.44. The number of amides is 2. The van der Waals surface area contributed by atoms with E-state index in [9.17, 15) is 9.59 Å². The number of carbonyl (C=O) groups excluding carboxylic acids is 2. The molecular formula is C25H46N4O2. The van der Waals surface area contributed by atoms with Crippen molar-refractivity contribution in [1.29, 1.82) is 0 Å². The predicted molar refractivity (Wildman–Crippen MR) is 126 cm³/mol. The van der Waals surface area contributed by atoms with Gasteiger partial charge in [-0.15, -0.1) is 0 Å². The van der Waals surface area contributed by atoms with Gasteiger partial charge in [0, 0.05) is 32.2 Å². The zero-order chi connectivity index (χ0) is 22.8. The Morgan fingerprint density at radius 3 is 2.32 bits per heavy atom. The summed E-state index contributed by atoms with van der Waals surface area (Å²) in [5.41, 5.74) is 0.423. The van der Waals surface area contributed by atoms with Crippen molar-refractivity contribution in [3.63, 3.8) is 0 Å². The van der Waals surface area contributed by atoms with Gasteiger partial charge in [-0.2, -0.15) is 0 Å². The summed E-state index contributed by atoms with van der Waals surface area (Å²) >= 11 is 0. The molecule has 1 spiro atoms. The van der Waals surface area contributed by atoms with E-state index in [-0.39, 0.29) is 23.9 Å². The summed E-state index contributed by atoms with van der Waals surface area (Å²) in [5, 5.41) is 3.38. The highest BCUT2D eigenvalue weighted by Crippen LogP contribution is 2.47. The Bertz CT molecular complexity index is 625. The van der Waals surface area contributed by atoms with Crippen LogP contribution in [0.25, 0.3) is 0 Å². The van der Waals surface area contributed by atoms with Crippen molar-refractivity contribution in [1.82, 2.24) is 20.0 Å². The fourth-order valence-corrected chi connectivity index (χ4v) is 6.01. The summed E-state index contributed by atoms with van der Waals surface area (Å²) in [7, 11) is 4.38. The van der Waals surface area contributed by atoms with Gasteiger partial charge in [-0.3, -0.25) is 9.59 Å². The highest BCUT2D eigenvalue weighted by Gasteiger charge is 2.44. The van der Waals surface area contributed by atoms with Crippen LogP contribution in [0.2, 0.25) is 0 Å². The highest BCUT2D eigenvalue weighted by atomic mass is 16.2. The number of nitrogens with one attached hydrogen (secondary N) is 1. The largest absolute Gasteiger partial charge is 0.341 e. The molecule has 6 nitrogen and oxygen atoms in total. The van der Waals surface area contributed by atoms with Crippen molar-refractivity contribution >= 4 is 11.8 Å². The first-order valence-corrected chi connectivity index (χ1v) is 12.6. The Balaban J connectivity index is 1.66. The summed E-state index contributed by atoms with van der Waals surface area (Å²) in [6, 6.07) is 0.228. The summed E-state index contributed by atoms with van der Waals surface area (Å²) in [6.45, 7) is 11.7. The average molecular weight is 435 g/mol. The van der Waals surface area contributed by atoms with E-state index in [4.69, 9.17) is 0 Å². The van der Waals surface area contributed by atoms with Gasteiger partial charge in [0.1, 0.15) is 6.04 Å². The molecule has 3 fully saturated rings. The number of nitrogens with zero attached hydrogens (tertiary/aromatic N) is 3. The molecule has 0 bridgehead atoms. The minimum atomic E-state index is -0.309. The lowest BCUT2D eigenvalue weighted by Crippen LogP contribution is -2.62. The Hall–Kier alpha value is -1.14. The lowest BCUT2D eigenvalue weighted by atomic mass is 9.76. The first-order valence-electron chi connectivity index (χ1n) is 12.6. The monoisotopic (exact) mass is 434 g/mol. The van der Waals surface area contributed by atoms with Crippen LogP contribution in [-0.4, -0.2) is 84.9 Å². The average Bonchev–Trinajstić information content (AvgIpc) is 3.12. The zero-order valence-electron chi connectivity index (χ0n) is 20.8. The van der Waals surface area contributed by atoms with Gasteiger partial charge in [-0.25, -0.2) is 0 Å². The SMILES string of the molecule is CC(C)CC(C(=O)N1CCC2(CCC(N(C)C)C2)CC1)N1CCN[C@@H](CC(C)C)C1=O. The summed E-state index contributed by atoms with van der Waals surface area (Å²) in [4.78, 5) is 33.3. The summed E-state index contributed by atoms with van der Waals surface area (Å²) in [6.07, 6.45) is 7.65. The number of hydrogen-bond donors (Lipinski definition) is 1. The summed E-state index contributed by atoms with van der Waals surface area (Å²) in [5.74, 6) is 1.14. The van der Waals surface area contributed by atoms with Crippen LogP contribution in [0.5, 0.6) is 0 Å². The van der Waals surface area contributed by atoms with Gasteiger partial charge in [-0.05, 0) is 76.3 Å². The molecule has 3 rings (SSSR count). The van der Waals surface area contributed by atoms with Crippen molar-refractivity contribution in [3.05, 3.63) is 0 Å². The Morgan fingerprint density at radius 2 is 1.77 bits per heavy atom. The molecule has 0 aromatic rings. The van der Waals surface area contributed by atoms with Gasteiger partial charge >= 0.3 is 0 Å². The van der Waals surface area contributed by atoms with Crippen LogP contribution in [0.3, 0.4) is 0 Å². The molecular weight excluding hydrogens is 388 g/mol. The predicted octanol–water partition coefficient (Wildman–Crippen LogP) is 2.97. The minimum absolute atomic E-state index is 0.122. The van der Waals surface area contributed by atoms with Gasteiger partial charge in [0.05, 0.1) is 6.04 Å². The van der Waals surface area contributed by atoms with Crippen molar-refractivity contribution < 1.29 is 9.59 Å². The first-order chi connectivity index (χ1) is 14.6. The van der Waals surface area contributed by atoms with Crippen molar-refractivity contribution in [2.45, 2.75) is 90.8 Å². The van der Waals surface area contributed by atoms with Crippen molar-refractivity contribution in [2.24, 2.45) is 17.3 Å². The second-order valence-corrected chi connectivity index (χ2v) is 11.5. The molecule has 3 atom stereocenters. The zero-order valence-corrected chi connectivity index (χ0v) is 20.8. The van der Waals surface area contributed by atoms with Crippen LogP contribution in [-0.2, 0) is 9.59 Å². The quantitative estimate of drug-likeness (QED) is 0.669. The van der Waals surface area contributed by atoms with Gasteiger partial charge in [-0.1, -0.05) is 27.7 Å². The smallest absolute Gasteiger partial charge is 0.245 e. The lowest BCUT2D eigenvalue weighted by molar-refractivity contribution is -0.151. The molecule has 2 saturated heterocycles. The van der Waals surface area contributed by atoms with E-state index in [2.05, 4.69) is 56.9 Å². The van der Waals surface area contributed by atoms with E-state index in [1.54, 1.807) is 0 Å². The molecule has 6 heteroatoms. The molecule has 2 heterocycles. The molecule has 2 amide bonds. The Morgan fingerprint density at radius 1 is 1.10 bits per heavy atom. The van der Waals surface area contributed by atoms with Gasteiger partial charge in [0.15, 0.2) is 0 Å². The van der Waals surface area contributed by atoms with Crippen LogP contribution in [0.4, 0.5) is 0 Å². The third-order valence-corrected chi connectivity index (χ3v) is 7.93. The second kappa shape index (κ2) is 10.2. The molecule has 1 aliphatic carbocycles. The molecule has 3 aliphatic rings. The second-order valence-electron chi connectivity index (χ2n) is 11.5. The number of piperazine rings is 1. The normalized spacial score (nSPS) is 27.7. The number of rotatable bonds is 7. The van der Waals surface area contributed by atoms with Crippen LogP contribution in [0.15, 0.2) is 0 Å². The topological polar surface area (TPSA) is 55.9 Å². The van der Waals surface area contributed by atoms with E-state index in [0.29, 0.717) is 29.8 Å². The molecule has 1 N–H and O–H groups in total.